The maximum Gasteiger partial charge on any atom is 0.191 e. The monoisotopic (exact) mass is 435 g/mol. The third kappa shape index (κ3) is 5.03. The van der Waals surface area contributed by atoms with Gasteiger partial charge >= 0.3 is 0 Å². The van der Waals surface area contributed by atoms with Crippen LogP contribution in [0.2, 0.25) is 0 Å². The van der Waals surface area contributed by atoms with Gasteiger partial charge in [-0.2, -0.15) is 5.10 Å². The summed E-state index contributed by atoms with van der Waals surface area (Å²) in [7, 11) is 0. The van der Waals surface area contributed by atoms with E-state index in [1.54, 1.807) is 23.9 Å². The third-order valence-corrected chi connectivity index (χ3v) is 5.39. The molecule has 0 spiro atoms. The molecule has 0 aliphatic carbocycles. The lowest BCUT2D eigenvalue weighted by Gasteiger charge is -2.06. The van der Waals surface area contributed by atoms with Crippen LogP contribution >= 0.6 is 24.0 Å². The first-order valence-corrected chi connectivity index (χ1v) is 10.4. The Morgan fingerprint density at radius 1 is 1.03 bits per heavy atom. The number of fused-ring (bicyclic) bond motifs is 1. The fourth-order valence-electron chi connectivity index (χ4n) is 2.73. The summed E-state index contributed by atoms with van der Waals surface area (Å²) in [5.41, 5.74) is 6.14. The first-order chi connectivity index (χ1) is 14.6. The van der Waals surface area contributed by atoms with E-state index >= 15 is 0 Å². The smallest absolute Gasteiger partial charge is 0.191 e. The molecule has 0 saturated carbocycles. The Bertz CT molecular complexity index is 1200. The van der Waals surface area contributed by atoms with Crippen LogP contribution < -0.4 is 10.7 Å². The Balaban J connectivity index is 1.45. The second-order valence-electron chi connectivity index (χ2n) is 6.45. The second kappa shape index (κ2) is 9.06. The molecule has 30 heavy (non-hydrogen) atoms. The Labute approximate surface area is 182 Å². The number of hydrazone groups is 1. The number of H-pyrrole nitrogens is 1. The minimum atomic E-state index is -0.242. The third-order valence-electron chi connectivity index (χ3n) is 4.20. The van der Waals surface area contributed by atoms with Crippen LogP contribution in [0.25, 0.3) is 11.0 Å². The molecular weight excluding hydrogens is 417 g/mol. The van der Waals surface area contributed by atoms with Gasteiger partial charge in [0.1, 0.15) is 11.5 Å². The molecule has 0 atom stereocenters. The summed E-state index contributed by atoms with van der Waals surface area (Å²) >= 11 is 6.83. The van der Waals surface area contributed by atoms with Gasteiger partial charge < -0.3 is 10.3 Å². The molecule has 5 nitrogen and oxygen atoms in total. The zero-order chi connectivity index (χ0) is 20.9. The van der Waals surface area contributed by atoms with E-state index in [2.05, 4.69) is 25.8 Å². The van der Waals surface area contributed by atoms with Crippen LogP contribution in [0.3, 0.4) is 0 Å². The summed E-state index contributed by atoms with van der Waals surface area (Å²) < 4.78 is 13.1. The quantitative estimate of drug-likeness (QED) is 0.217. The zero-order valence-corrected chi connectivity index (χ0v) is 17.7. The molecule has 0 saturated heterocycles. The van der Waals surface area contributed by atoms with E-state index in [-0.39, 0.29) is 5.82 Å². The Kier molecular flexibility index (Phi) is 6.06. The molecule has 0 aliphatic rings. The van der Waals surface area contributed by atoms with E-state index in [0.717, 1.165) is 26.5 Å². The average molecular weight is 436 g/mol. The average Bonchev–Trinajstić information content (AvgIpc) is 3.18. The van der Waals surface area contributed by atoms with Gasteiger partial charge in [0, 0.05) is 15.5 Å². The molecule has 4 rings (SSSR count). The van der Waals surface area contributed by atoms with Crippen molar-refractivity contribution in [3.8, 4) is 0 Å². The van der Waals surface area contributed by atoms with Gasteiger partial charge in [-0.3, -0.25) is 5.43 Å². The van der Waals surface area contributed by atoms with Gasteiger partial charge in [0.15, 0.2) is 10.9 Å². The van der Waals surface area contributed by atoms with Gasteiger partial charge in [0.05, 0.1) is 11.0 Å². The maximum absolute atomic E-state index is 13.1. The largest absolute Gasteiger partial charge is 0.337 e. The summed E-state index contributed by atoms with van der Waals surface area (Å²) in [6, 6.07) is 22.0. The number of anilines is 1. The number of imidazole rings is 1. The highest BCUT2D eigenvalue weighted by molar-refractivity contribution is 7.99. The van der Waals surface area contributed by atoms with Gasteiger partial charge in [0.2, 0.25) is 0 Å². The van der Waals surface area contributed by atoms with Crippen LogP contribution in [0.4, 0.5) is 10.1 Å². The molecule has 150 valence electrons. The number of hydrogen-bond donors (Lipinski definition) is 3. The van der Waals surface area contributed by atoms with Crippen molar-refractivity contribution >= 4 is 51.5 Å². The predicted molar refractivity (Wildman–Crippen MR) is 125 cm³/mol. The summed E-state index contributed by atoms with van der Waals surface area (Å²) in [5, 5.41) is 7.78. The zero-order valence-electron chi connectivity index (χ0n) is 16.0. The number of hydrogen-bond acceptors (Lipinski definition) is 4. The van der Waals surface area contributed by atoms with Gasteiger partial charge in [-0.05, 0) is 73.7 Å². The van der Waals surface area contributed by atoms with Crippen LogP contribution in [0.1, 0.15) is 12.7 Å². The minimum Gasteiger partial charge on any atom is -0.337 e. The Morgan fingerprint density at radius 2 is 1.77 bits per heavy atom. The molecule has 3 N–H and O–H groups in total. The van der Waals surface area contributed by atoms with E-state index in [1.807, 2.05) is 55.5 Å². The van der Waals surface area contributed by atoms with E-state index in [9.17, 15) is 4.39 Å². The fraction of sp³-hybridized carbons (Fsp3) is 0.0455. The predicted octanol–water partition coefficient (Wildman–Crippen LogP) is 5.56. The number of rotatable bonds is 5. The van der Waals surface area contributed by atoms with Gasteiger partial charge in [-0.25, -0.2) is 9.37 Å². The van der Waals surface area contributed by atoms with E-state index in [0.29, 0.717) is 16.6 Å². The number of aromatic nitrogens is 2. The number of benzene rings is 3. The lowest BCUT2D eigenvalue weighted by molar-refractivity contribution is 0.626. The van der Waals surface area contributed by atoms with Crippen LogP contribution in [-0.4, -0.2) is 20.8 Å². The molecule has 1 aromatic heterocycles. The molecule has 0 radical (unpaired) electrons. The molecular formula is C22H18FN5S2. The first-order valence-electron chi connectivity index (χ1n) is 9.17. The number of para-hydroxylation sites is 1. The standard InChI is InChI=1S/C22H18FN5S2/c1-14(27-28-22(29)24-16-5-3-2-4-6-16)21-25-19-12-11-18(13-20(19)26-21)30-17-9-7-15(23)8-10-17/h2-13H,1H3,(H,25,26)(H2,24,28,29)/b27-14+. The summed E-state index contributed by atoms with van der Waals surface area (Å²) in [6.45, 7) is 1.85. The SMILES string of the molecule is C/C(=N\NC(=S)Nc1ccccc1)c1nc2cc(Sc3ccc(F)cc3)ccc2[nH]1. The Morgan fingerprint density at radius 3 is 2.53 bits per heavy atom. The number of nitrogens with one attached hydrogen (secondary N) is 3. The molecule has 0 fully saturated rings. The summed E-state index contributed by atoms with van der Waals surface area (Å²) in [6.07, 6.45) is 0. The van der Waals surface area contributed by atoms with Crippen LogP contribution in [0.5, 0.6) is 0 Å². The molecule has 4 aromatic rings. The Hall–Kier alpha value is -3.23. The van der Waals surface area contributed by atoms with Crippen molar-refractivity contribution in [3.63, 3.8) is 0 Å². The molecule has 0 amide bonds. The first kappa shape index (κ1) is 20.1. The maximum atomic E-state index is 13.1. The van der Waals surface area contributed by atoms with Crippen LogP contribution in [-0.2, 0) is 0 Å². The molecule has 0 unspecified atom stereocenters. The topological polar surface area (TPSA) is 65.1 Å². The number of aromatic amines is 1. The van der Waals surface area contributed by atoms with Crippen molar-refractivity contribution < 1.29 is 4.39 Å². The highest BCUT2D eigenvalue weighted by atomic mass is 32.2. The molecule has 0 bridgehead atoms. The fourth-order valence-corrected chi connectivity index (χ4v) is 3.74. The summed E-state index contributed by atoms with van der Waals surface area (Å²) in [5.74, 6) is 0.414. The normalized spacial score (nSPS) is 11.5. The van der Waals surface area contributed by atoms with Crippen molar-refractivity contribution in [1.29, 1.82) is 0 Å². The van der Waals surface area contributed by atoms with Crippen molar-refractivity contribution in [2.45, 2.75) is 16.7 Å². The van der Waals surface area contributed by atoms with E-state index < -0.39 is 0 Å². The molecule has 0 aliphatic heterocycles. The lowest BCUT2D eigenvalue weighted by atomic mass is 10.3. The molecule has 8 heteroatoms. The number of halogens is 1. The molecule has 1 heterocycles. The van der Waals surface area contributed by atoms with Crippen LogP contribution in [0, 0.1) is 5.82 Å². The second-order valence-corrected chi connectivity index (χ2v) is 8.00. The van der Waals surface area contributed by atoms with Crippen molar-refractivity contribution in [2.24, 2.45) is 5.10 Å². The van der Waals surface area contributed by atoms with E-state index in [1.165, 1.54) is 12.1 Å². The van der Waals surface area contributed by atoms with Crippen molar-refractivity contribution in [3.05, 3.63) is 84.4 Å². The lowest BCUT2D eigenvalue weighted by Crippen LogP contribution is -2.25. The highest BCUT2D eigenvalue weighted by Crippen LogP contribution is 2.29. The highest BCUT2D eigenvalue weighted by Gasteiger charge is 2.08. The summed E-state index contributed by atoms with van der Waals surface area (Å²) in [4.78, 5) is 9.88. The number of nitrogens with zero attached hydrogens (tertiary/aromatic N) is 2. The minimum absolute atomic E-state index is 0.242. The van der Waals surface area contributed by atoms with E-state index in [4.69, 9.17) is 12.2 Å². The van der Waals surface area contributed by atoms with Crippen molar-refractivity contribution in [1.82, 2.24) is 15.4 Å². The van der Waals surface area contributed by atoms with Gasteiger partial charge in [-0.15, -0.1) is 0 Å². The number of thiocarbonyl (C=S) groups is 1. The van der Waals surface area contributed by atoms with Gasteiger partial charge in [-0.1, -0.05) is 30.0 Å². The van der Waals surface area contributed by atoms with Gasteiger partial charge in [0.25, 0.3) is 0 Å². The molecule has 3 aromatic carbocycles. The van der Waals surface area contributed by atoms with Crippen LogP contribution in [0.15, 0.2) is 87.7 Å². The van der Waals surface area contributed by atoms with Crippen molar-refractivity contribution in [2.75, 3.05) is 5.32 Å².